The van der Waals surface area contributed by atoms with Crippen molar-refractivity contribution in [3.63, 3.8) is 0 Å². The second-order valence-corrected chi connectivity index (χ2v) is 8.79. The van der Waals surface area contributed by atoms with Crippen molar-refractivity contribution in [2.45, 2.75) is 31.2 Å². The molecule has 1 unspecified atom stereocenters. The lowest BCUT2D eigenvalue weighted by atomic mass is 10.0. The quantitative estimate of drug-likeness (QED) is 0.377. The number of aromatic amines is 1. The molecule has 2 aromatic carbocycles. The first kappa shape index (κ1) is 20.9. The van der Waals surface area contributed by atoms with E-state index in [1.54, 1.807) is 12.3 Å². The summed E-state index contributed by atoms with van der Waals surface area (Å²) in [5.74, 6) is 0.425. The summed E-state index contributed by atoms with van der Waals surface area (Å²) in [4.78, 5) is 25.1. The van der Waals surface area contributed by atoms with Gasteiger partial charge in [-0.1, -0.05) is 77.5 Å². The van der Waals surface area contributed by atoms with Crippen LogP contribution in [0.1, 0.15) is 18.1 Å². The molecule has 2 aromatic heterocycles. The van der Waals surface area contributed by atoms with Crippen molar-refractivity contribution in [2.75, 3.05) is 5.32 Å². The van der Waals surface area contributed by atoms with Crippen LogP contribution in [0.4, 0.5) is 5.82 Å². The number of carbonyl (C=O) groups is 1. The Labute approximate surface area is 186 Å². The summed E-state index contributed by atoms with van der Waals surface area (Å²) >= 11 is 1.40. The number of nitrogens with zero attached hydrogens (tertiary/aromatic N) is 2. The number of aryl methyl sites for hydroxylation is 2. The Morgan fingerprint density at radius 2 is 1.58 bits per heavy atom. The highest BCUT2D eigenvalue weighted by Gasteiger charge is 2.20. The number of amides is 1. The number of aromatic nitrogens is 3. The molecule has 0 bridgehead atoms. The number of imidazole rings is 1. The van der Waals surface area contributed by atoms with E-state index in [-0.39, 0.29) is 11.2 Å². The summed E-state index contributed by atoms with van der Waals surface area (Å²) in [7, 11) is 0. The lowest BCUT2D eigenvalue weighted by Gasteiger charge is -2.09. The van der Waals surface area contributed by atoms with E-state index < -0.39 is 0 Å². The van der Waals surface area contributed by atoms with Gasteiger partial charge in [0, 0.05) is 17.3 Å². The van der Waals surface area contributed by atoms with Crippen LogP contribution >= 0.6 is 11.8 Å². The Hall–Kier alpha value is -3.38. The molecule has 1 atom stereocenters. The molecule has 0 spiro atoms. The van der Waals surface area contributed by atoms with Crippen LogP contribution < -0.4 is 5.32 Å². The highest BCUT2D eigenvalue weighted by molar-refractivity contribution is 8.00. The number of rotatable bonds is 6. The van der Waals surface area contributed by atoms with Crippen LogP contribution in [-0.2, 0) is 4.79 Å². The summed E-state index contributed by atoms with van der Waals surface area (Å²) in [6.07, 6.45) is 1.65. The van der Waals surface area contributed by atoms with E-state index in [1.807, 2.05) is 19.1 Å². The molecule has 156 valence electrons. The molecular weight excluding hydrogens is 404 g/mol. The molecule has 4 aromatic rings. The molecule has 4 rings (SSSR count). The van der Waals surface area contributed by atoms with E-state index in [0.29, 0.717) is 11.0 Å². The molecular formula is C25H24N4OS. The summed E-state index contributed by atoms with van der Waals surface area (Å²) in [5.41, 5.74) is 6.33. The molecule has 5 nitrogen and oxygen atoms in total. The van der Waals surface area contributed by atoms with Gasteiger partial charge >= 0.3 is 0 Å². The number of anilines is 1. The number of thioether (sulfide) groups is 1. The van der Waals surface area contributed by atoms with Gasteiger partial charge in [-0.2, -0.15) is 0 Å². The Bertz CT molecular complexity index is 1110. The highest BCUT2D eigenvalue weighted by Crippen LogP contribution is 2.34. The first-order valence-electron chi connectivity index (χ1n) is 10.1. The van der Waals surface area contributed by atoms with Gasteiger partial charge in [-0.3, -0.25) is 4.79 Å². The predicted octanol–water partition coefficient (Wildman–Crippen LogP) is 5.87. The molecule has 31 heavy (non-hydrogen) atoms. The van der Waals surface area contributed by atoms with Gasteiger partial charge in [0.05, 0.1) is 16.6 Å². The van der Waals surface area contributed by atoms with Gasteiger partial charge in [0.15, 0.2) is 5.16 Å². The van der Waals surface area contributed by atoms with Gasteiger partial charge in [0.25, 0.3) is 0 Å². The van der Waals surface area contributed by atoms with Crippen LogP contribution in [0.15, 0.2) is 78.1 Å². The van der Waals surface area contributed by atoms with Crippen molar-refractivity contribution in [1.29, 1.82) is 0 Å². The van der Waals surface area contributed by atoms with Crippen LogP contribution in [-0.4, -0.2) is 26.1 Å². The summed E-state index contributed by atoms with van der Waals surface area (Å²) < 4.78 is 0. The van der Waals surface area contributed by atoms with Gasteiger partial charge < -0.3 is 10.3 Å². The lowest BCUT2D eigenvalue weighted by Crippen LogP contribution is -2.23. The van der Waals surface area contributed by atoms with E-state index in [0.717, 1.165) is 22.5 Å². The largest absolute Gasteiger partial charge is 0.332 e. The second kappa shape index (κ2) is 9.18. The zero-order valence-electron chi connectivity index (χ0n) is 17.7. The van der Waals surface area contributed by atoms with Gasteiger partial charge in [-0.05, 0) is 32.9 Å². The molecule has 0 aliphatic carbocycles. The normalized spacial score (nSPS) is 11.8. The topological polar surface area (TPSA) is 70.7 Å². The molecule has 0 saturated heterocycles. The number of hydrogen-bond acceptors (Lipinski definition) is 4. The zero-order chi connectivity index (χ0) is 21.8. The van der Waals surface area contributed by atoms with E-state index in [2.05, 4.69) is 77.7 Å². The zero-order valence-corrected chi connectivity index (χ0v) is 18.5. The Kier molecular flexibility index (Phi) is 6.18. The van der Waals surface area contributed by atoms with Crippen molar-refractivity contribution in [1.82, 2.24) is 15.0 Å². The van der Waals surface area contributed by atoms with Crippen LogP contribution in [0.5, 0.6) is 0 Å². The minimum Gasteiger partial charge on any atom is -0.332 e. The Balaban J connectivity index is 1.62. The van der Waals surface area contributed by atoms with Gasteiger partial charge in [0.1, 0.15) is 5.82 Å². The maximum absolute atomic E-state index is 12.6. The van der Waals surface area contributed by atoms with E-state index in [4.69, 9.17) is 4.98 Å². The number of nitrogens with one attached hydrogen (secondary N) is 2. The van der Waals surface area contributed by atoms with Gasteiger partial charge in [-0.25, -0.2) is 9.97 Å². The Morgan fingerprint density at radius 1 is 0.935 bits per heavy atom. The third-order valence-corrected chi connectivity index (χ3v) is 5.91. The van der Waals surface area contributed by atoms with Crippen molar-refractivity contribution in [3.05, 3.63) is 84.1 Å². The third-order valence-electron chi connectivity index (χ3n) is 4.92. The van der Waals surface area contributed by atoms with E-state index in [9.17, 15) is 4.79 Å². The molecule has 0 radical (unpaired) electrons. The summed E-state index contributed by atoms with van der Waals surface area (Å²) in [6.45, 7) is 6.00. The number of hydrogen-bond donors (Lipinski definition) is 2. The van der Waals surface area contributed by atoms with Crippen molar-refractivity contribution in [2.24, 2.45) is 0 Å². The average Bonchev–Trinajstić information content (AvgIpc) is 3.19. The molecule has 0 aliphatic heterocycles. The average molecular weight is 429 g/mol. The van der Waals surface area contributed by atoms with Crippen LogP contribution in [0, 0.1) is 13.8 Å². The minimum atomic E-state index is -0.343. The Morgan fingerprint density at radius 3 is 2.19 bits per heavy atom. The maximum Gasteiger partial charge on any atom is 0.238 e. The van der Waals surface area contributed by atoms with Crippen molar-refractivity contribution < 1.29 is 4.79 Å². The number of H-pyrrole nitrogens is 1. The molecule has 0 saturated carbocycles. The fraction of sp³-hybridized carbons (Fsp3) is 0.160. The first-order chi connectivity index (χ1) is 15.0. The maximum atomic E-state index is 12.6. The van der Waals surface area contributed by atoms with Crippen LogP contribution in [0.2, 0.25) is 0 Å². The third kappa shape index (κ3) is 5.03. The molecule has 2 heterocycles. The monoisotopic (exact) mass is 428 g/mol. The fourth-order valence-corrected chi connectivity index (χ4v) is 3.95. The molecule has 2 N–H and O–H groups in total. The number of carbonyl (C=O) groups excluding carboxylic acids is 1. The number of benzene rings is 2. The van der Waals surface area contributed by atoms with Crippen molar-refractivity contribution >= 4 is 23.5 Å². The predicted molar refractivity (Wildman–Crippen MR) is 127 cm³/mol. The summed E-state index contributed by atoms with van der Waals surface area (Å²) in [6, 6.07) is 22.1. The molecule has 0 aliphatic rings. The minimum absolute atomic E-state index is 0.117. The van der Waals surface area contributed by atoms with E-state index in [1.165, 1.54) is 22.9 Å². The second-order valence-electron chi connectivity index (χ2n) is 7.46. The SMILES string of the molecule is Cc1ccc(-c2nc(SC(C)C(=O)Nc3ccccn3)[nH]c2-c2ccc(C)cc2)cc1. The van der Waals surface area contributed by atoms with E-state index >= 15 is 0 Å². The lowest BCUT2D eigenvalue weighted by molar-refractivity contribution is -0.115. The molecule has 0 fully saturated rings. The molecule has 6 heteroatoms. The van der Waals surface area contributed by atoms with Gasteiger partial charge in [-0.15, -0.1) is 0 Å². The van der Waals surface area contributed by atoms with Gasteiger partial charge in [0.2, 0.25) is 5.91 Å². The molecule has 1 amide bonds. The first-order valence-corrected chi connectivity index (χ1v) is 11.0. The van der Waals surface area contributed by atoms with Crippen LogP contribution in [0.3, 0.4) is 0 Å². The van der Waals surface area contributed by atoms with Crippen LogP contribution in [0.25, 0.3) is 22.5 Å². The highest BCUT2D eigenvalue weighted by atomic mass is 32.2. The smallest absolute Gasteiger partial charge is 0.238 e. The standard InChI is InChI=1S/C25H24N4OS/c1-16-7-11-19(12-8-16)22-23(20-13-9-17(2)10-14-20)29-25(28-22)31-18(3)24(30)27-21-6-4-5-15-26-21/h4-15,18H,1-3H3,(H,28,29)(H,26,27,30). The fourth-order valence-electron chi connectivity index (χ4n) is 3.14. The number of pyridine rings is 1. The van der Waals surface area contributed by atoms with Crippen molar-refractivity contribution in [3.8, 4) is 22.5 Å². The summed E-state index contributed by atoms with van der Waals surface area (Å²) in [5, 5.41) is 3.21.